The first-order valence-electron chi connectivity index (χ1n) is 6.85. The van der Waals surface area contributed by atoms with Crippen molar-refractivity contribution >= 4 is 21.8 Å². The van der Waals surface area contributed by atoms with Gasteiger partial charge in [-0.1, -0.05) is 6.92 Å². The van der Waals surface area contributed by atoms with Gasteiger partial charge in [0.2, 0.25) is 0 Å². The van der Waals surface area contributed by atoms with Gasteiger partial charge in [-0.25, -0.2) is 0 Å². The molecule has 2 heterocycles. The molecule has 2 unspecified atom stereocenters. The van der Waals surface area contributed by atoms with E-state index in [4.69, 9.17) is 0 Å². The highest BCUT2D eigenvalue weighted by molar-refractivity contribution is 9.10. The van der Waals surface area contributed by atoms with Gasteiger partial charge >= 0.3 is 0 Å². The Bertz CT molecular complexity index is 468. The van der Waals surface area contributed by atoms with Crippen molar-refractivity contribution in [2.75, 3.05) is 6.54 Å². The Hall–Kier alpha value is -0.770. The predicted molar refractivity (Wildman–Crippen MR) is 74.6 cm³/mol. The number of likely N-dealkylation sites (tertiary alicyclic amines) is 1. The molecule has 4 heteroatoms. The molecule has 3 rings (SSSR count). The minimum atomic E-state index is 0.223. The molecule has 0 N–H and O–H groups in total. The number of fused-ring (bicyclic) bond motifs is 2. The maximum absolute atomic E-state index is 12.6. The van der Waals surface area contributed by atoms with E-state index < -0.39 is 0 Å². The van der Waals surface area contributed by atoms with Gasteiger partial charge in [0.05, 0.1) is 0 Å². The number of carbonyl (C=O) groups excluding carboxylic acids is 1. The Morgan fingerprint density at radius 3 is 2.94 bits per heavy atom. The Kier molecular flexibility index (Phi) is 3.22. The molecule has 18 heavy (non-hydrogen) atoms. The first kappa shape index (κ1) is 12.3. The molecule has 1 aliphatic heterocycles. The summed E-state index contributed by atoms with van der Waals surface area (Å²) < 4.78 is 3.09. The average molecular weight is 311 g/mol. The highest BCUT2D eigenvalue weighted by atomic mass is 79.9. The fraction of sp³-hybridized carbons (Fsp3) is 0.643. The Labute approximate surface area is 116 Å². The minimum Gasteiger partial charge on any atom is -0.342 e. The summed E-state index contributed by atoms with van der Waals surface area (Å²) in [6, 6.07) is 2.47. The summed E-state index contributed by atoms with van der Waals surface area (Å²) in [5.74, 6) is 0.985. The molecule has 2 fully saturated rings. The molecule has 2 bridgehead atoms. The fourth-order valence-electron chi connectivity index (χ4n) is 3.40. The molecule has 1 aromatic heterocycles. The van der Waals surface area contributed by atoms with Crippen LogP contribution in [0.15, 0.2) is 16.7 Å². The van der Waals surface area contributed by atoms with Crippen LogP contribution >= 0.6 is 15.9 Å². The van der Waals surface area contributed by atoms with Crippen molar-refractivity contribution in [2.45, 2.75) is 45.2 Å². The van der Waals surface area contributed by atoms with E-state index in [9.17, 15) is 4.79 Å². The van der Waals surface area contributed by atoms with E-state index in [0.717, 1.165) is 35.6 Å². The van der Waals surface area contributed by atoms with Gasteiger partial charge in [-0.05, 0) is 53.6 Å². The standard InChI is InChI=1S/C14H19BrN2O/c1-2-5-16-9-11(15)7-13(16)14(18)17-8-10-3-4-12(17)6-10/h7,9-10,12H,2-6,8H2,1H3. The smallest absolute Gasteiger partial charge is 0.270 e. The van der Waals surface area contributed by atoms with Crippen molar-refractivity contribution < 1.29 is 4.79 Å². The summed E-state index contributed by atoms with van der Waals surface area (Å²) in [6.07, 6.45) is 6.81. The third kappa shape index (κ3) is 2.00. The van der Waals surface area contributed by atoms with E-state index in [1.54, 1.807) is 0 Å². The monoisotopic (exact) mass is 310 g/mol. The van der Waals surface area contributed by atoms with Gasteiger partial charge < -0.3 is 9.47 Å². The number of carbonyl (C=O) groups is 1. The molecule has 1 saturated carbocycles. The lowest BCUT2D eigenvalue weighted by molar-refractivity contribution is 0.0692. The lowest BCUT2D eigenvalue weighted by Gasteiger charge is -2.27. The van der Waals surface area contributed by atoms with Gasteiger partial charge in [-0.2, -0.15) is 0 Å². The fourth-order valence-corrected chi connectivity index (χ4v) is 3.86. The minimum absolute atomic E-state index is 0.223. The van der Waals surface area contributed by atoms with Crippen molar-refractivity contribution in [1.82, 2.24) is 9.47 Å². The van der Waals surface area contributed by atoms with Crippen LogP contribution in [0, 0.1) is 5.92 Å². The average Bonchev–Trinajstić information content (AvgIpc) is 3.03. The summed E-state index contributed by atoms with van der Waals surface area (Å²) >= 11 is 3.48. The molecule has 1 amide bonds. The molecule has 1 saturated heterocycles. The van der Waals surface area contributed by atoms with Crippen LogP contribution in [-0.4, -0.2) is 28.0 Å². The van der Waals surface area contributed by atoms with Crippen LogP contribution in [0.4, 0.5) is 0 Å². The van der Waals surface area contributed by atoms with Crippen LogP contribution in [0.25, 0.3) is 0 Å². The SMILES string of the molecule is CCCn1cc(Br)cc1C(=O)N1CC2CCC1C2. The molecule has 1 aliphatic carbocycles. The topological polar surface area (TPSA) is 25.2 Å². The number of hydrogen-bond acceptors (Lipinski definition) is 1. The quantitative estimate of drug-likeness (QED) is 0.841. The highest BCUT2D eigenvalue weighted by Crippen LogP contribution is 2.38. The number of aromatic nitrogens is 1. The second kappa shape index (κ2) is 4.72. The highest BCUT2D eigenvalue weighted by Gasteiger charge is 2.41. The van der Waals surface area contributed by atoms with Crippen LogP contribution in [0.3, 0.4) is 0 Å². The van der Waals surface area contributed by atoms with E-state index in [2.05, 4.69) is 32.3 Å². The van der Waals surface area contributed by atoms with E-state index in [1.165, 1.54) is 19.3 Å². The van der Waals surface area contributed by atoms with Crippen LogP contribution in [-0.2, 0) is 6.54 Å². The van der Waals surface area contributed by atoms with Crippen molar-refractivity contribution in [2.24, 2.45) is 5.92 Å². The summed E-state index contributed by atoms with van der Waals surface area (Å²) in [6.45, 7) is 4.02. The summed E-state index contributed by atoms with van der Waals surface area (Å²) in [4.78, 5) is 14.7. The predicted octanol–water partition coefficient (Wildman–Crippen LogP) is 3.29. The van der Waals surface area contributed by atoms with E-state index in [-0.39, 0.29) is 5.91 Å². The summed E-state index contributed by atoms with van der Waals surface area (Å²) in [5.41, 5.74) is 0.844. The van der Waals surface area contributed by atoms with Gasteiger partial charge in [0, 0.05) is 29.8 Å². The van der Waals surface area contributed by atoms with Crippen LogP contribution in [0.2, 0.25) is 0 Å². The summed E-state index contributed by atoms with van der Waals surface area (Å²) in [5, 5.41) is 0. The number of hydrogen-bond donors (Lipinski definition) is 0. The molecular weight excluding hydrogens is 292 g/mol. The van der Waals surface area contributed by atoms with Gasteiger partial charge in [-0.3, -0.25) is 4.79 Å². The largest absolute Gasteiger partial charge is 0.342 e. The van der Waals surface area contributed by atoms with Gasteiger partial charge in [-0.15, -0.1) is 0 Å². The van der Waals surface area contributed by atoms with Gasteiger partial charge in [0.25, 0.3) is 5.91 Å². The molecule has 2 atom stereocenters. The molecule has 0 radical (unpaired) electrons. The molecule has 3 nitrogen and oxygen atoms in total. The number of amides is 1. The number of halogens is 1. The maximum atomic E-state index is 12.6. The van der Waals surface area contributed by atoms with Crippen molar-refractivity contribution in [3.8, 4) is 0 Å². The molecule has 0 spiro atoms. The zero-order valence-electron chi connectivity index (χ0n) is 10.7. The lowest BCUT2D eigenvalue weighted by Crippen LogP contribution is -2.38. The molecular formula is C14H19BrN2O. The van der Waals surface area contributed by atoms with Crippen molar-refractivity contribution in [3.63, 3.8) is 0 Å². The van der Waals surface area contributed by atoms with E-state index in [1.807, 2.05) is 12.3 Å². The first-order valence-corrected chi connectivity index (χ1v) is 7.65. The number of aryl methyl sites for hydroxylation is 1. The van der Waals surface area contributed by atoms with Crippen molar-refractivity contribution in [1.29, 1.82) is 0 Å². The summed E-state index contributed by atoms with van der Waals surface area (Å²) in [7, 11) is 0. The zero-order valence-corrected chi connectivity index (χ0v) is 12.3. The lowest BCUT2D eigenvalue weighted by atomic mass is 10.1. The maximum Gasteiger partial charge on any atom is 0.270 e. The van der Waals surface area contributed by atoms with Gasteiger partial charge in [0.15, 0.2) is 0 Å². The molecule has 1 aromatic rings. The Balaban J connectivity index is 1.83. The Morgan fingerprint density at radius 2 is 2.33 bits per heavy atom. The zero-order chi connectivity index (χ0) is 12.7. The van der Waals surface area contributed by atoms with Crippen molar-refractivity contribution in [3.05, 3.63) is 22.4 Å². The third-order valence-corrected chi connectivity index (χ3v) is 4.65. The second-order valence-electron chi connectivity index (χ2n) is 5.53. The van der Waals surface area contributed by atoms with Gasteiger partial charge in [0.1, 0.15) is 5.69 Å². The second-order valence-corrected chi connectivity index (χ2v) is 6.44. The molecule has 98 valence electrons. The third-order valence-electron chi connectivity index (χ3n) is 4.22. The van der Waals surface area contributed by atoms with E-state index in [0.29, 0.717) is 6.04 Å². The number of rotatable bonds is 3. The molecule has 2 aliphatic rings. The normalized spacial score (nSPS) is 26.0. The van der Waals surface area contributed by atoms with Crippen LogP contribution in [0.1, 0.15) is 43.1 Å². The number of piperidine rings is 1. The Morgan fingerprint density at radius 1 is 1.50 bits per heavy atom. The first-order chi connectivity index (χ1) is 8.69. The molecule has 0 aromatic carbocycles. The van der Waals surface area contributed by atoms with E-state index >= 15 is 0 Å². The van der Waals surface area contributed by atoms with Crippen LogP contribution < -0.4 is 0 Å². The number of nitrogens with zero attached hydrogens (tertiary/aromatic N) is 2. The van der Waals surface area contributed by atoms with Crippen LogP contribution in [0.5, 0.6) is 0 Å².